The van der Waals surface area contributed by atoms with Gasteiger partial charge in [0.1, 0.15) is 17.5 Å². The zero-order chi connectivity index (χ0) is 20.9. The summed E-state index contributed by atoms with van der Waals surface area (Å²) in [6, 6.07) is 15.7. The molecule has 0 unspecified atom stereocenters. The van der Waals surface area contributed by atoms with E-state index in [9.17, 15) is 18.4 Å². The summed E-state index contributed by atoms with van der Waals surface area (Å²) in [6.07, 6.45) is -1.96. The number of hydrogen-bond acceptors (Lipinski definition) is 5. The van der Waals surface area contributed by atoms with E-state index < -0.39 is 17.6 Å². The molecule has 2 aromatic carbocycles. The van der Waals surface area contributed by atoms with Gasteiger partial charge >= 0.3 is 6.18 Å². The van der Waals surface area contributed by atoms with Crippen LogP contribution in [-0.2, 0) is 12.6 Å². The molecule has 3 rings (SSSR count). The first-order valence-electron chi connectivity index (χ1n) is 8.97. The Kier molecular flexibility index (Phi) is 5.98. The third kappa shape index (κ3) is 5.02. The number of rotatable bonds is 6. The second-order valence-electron chi connectivity index (χ2n) is 6.31. The SMILES string of the molecule is CCCc1ccc(Nc2ncc(C(F)(F)F)c(Nc3ccccc3C#N)n2)cc1. The predicted molar refractivity (Wildman–Crippen MR) is 105 cm³/mol. The van der Waals surface area contributed by atoms with Crippen molar-refractivity contribution >= 4 is 23.1 Å². The number of benzene rings is 2. The first-order chi connectivity index (χ1) is 13.9. The largest absolute Gasteiger partial charge is 0.421 e. The lowest BCUT2D eigenvalue weighted by atomic mass is 10.1. The number of aromatic nitrogens is 2. The topological polar surface area (TPSA) is 73.6 Å². The molecule has 2 N–H and O–H groups in total. The molecule has 0 fully saturated rings. The van der Waals surface area contributed by atoms with Crippen molar-refractivity contribution in [1.29, 1.82) is 5.26 Å². The van der Waals surface area contributed by atoms with Gasteiger partial charge in [-0.05, 0) is 36.2 Å². The van der Waals surface area contributed by atoms with Crippen LogP contribution in [0.5, 0.6) is 0 Å². The van der Waals surface area contributed by atoms with Crippen LogP contribution in [-0.4, -0.2) is 9.97 Å². The number of para-hydroxylation sites is 1. The Morgan fingerprint density at radius 3 is 2.41 bits per heavy atom. The summed E-state index contributed by atoms with van der Waals surface area (Å²) in [4.78, 5) is 7.80. The molecule has 0 radical (unpaired) electrons. The van der Waals surface area contributed by atoms with Gasteiger partial charge in [-0.3, -0.25) is 0 Å². The van der Waals surface area contributed by atoms with Gasteiger partial charge in [0, 0.05) is 11.9 Å². The highest BCUT2D eigenvalue weighted by Gasteiger charge is 2.35. The van der Waals surface area contributed by atoms with Gasteiger partial charge in [-0.15, -0.1) is 0 Å². The quantitative estimate of drug-likeness (QED) is 0.549. The van der Waals surface area contributed by atoms with Crippen molar-refractivity contribution in [3.8, 4) is 6.07 Å². The van der Waals surface area contributed by atoms with E-state index in [0.29, 0.717) is 5.69 Å². The zero-order valence-electron chi connectivity index (χ0n) is 15.6. The lowest BCUT2D eigenvalue weighted by Gasteiger charge is -2.15. The standard InChI is InChI=1S/C21H18F3N5/c1-2-5-14-8-10-16(11-9-14)27-20-26-13-17(21(22,23)24)19(29-20)28-18-7-4-3-6-15(18)12-25/h3-4,6-11,13H,2,5H2,1H3,(H2,26,27,28,29). The van der Waals surface area contributed by atoms with Gasteiger partial charge < -0.3 is 10.6 Å². The van der Waals surface area contributed by atoms with Gasteiger partial charge in [0.25, 0.3) is 0 Å². The minimum atomic E-state index is -4.65. The minimum Gasteiger partial charge on any atom is -0.338 e. The lowest BCUT2D eigenvalue weighted by Crippen LogP contribution is -2.13. The molecule has 0 atom stereocenters. The normalized spacial score (nSPS) is 11.0. The smallest absolute Gasteiger partial charge is 0.338 e. The van der Waals surface area contributed by atoms with Crippen molar-refractivity contribution in [1.82, 2.24) is 9.97 Å². The summed E-state index contributed by atoms with van der Waals surface area (Å²) in [5.74, 6) is -0.418. The number of anilines is 4. The van der Waals surface area contributed by atoms with Crippen molar-refractivity contribution in [2.75, 3.05) is 10.6 Å². The van der Waals surface area contributed by atoms with E-state index >= 15 is 0 Å². The van der Waals surface area contributed by atoms with Crippen molar-refractivity contribution in [2.45, 2.75) is 25.9 Å². The van der Waals surface area contributed by atoms with Crippen LogP contribution in [0.3, 0.4) is 0 Å². The maximum Gasteiger partial charge on any atom is 0.421 e. The van der Waals surface area contributed by atoms with Crippen LogP contribution in [0, 0.1) is 11.3 Å². The Labute approximate surface area is 166 Å². The highest BCUT2D eigenvalue weighted by molar-refractivity contribution is 5.67. The van der Waals surface area contributed by atoms with Gasteiger partial charge in [0.2, 0.25) is 5.95 Å². The van der Waals surface area contributed by atoms with Crippen LogP contribution in [0.1, 0.15) is 30.0 Å². The van der Waals surface area contributed by atoms with Crippen molar-refractivity contribution < 1.29 is 13.2 Å². The summed E-state index contributed by atoms with van der Waals surface area (Å²) in [6.45, 7) is 2.08. The van der Waals surface area contributed by atoms with Crippen LogP contribution in [0.25, 0.3) is 0 Å². The molecule has 8 heteroatoms. The van der Waals surface area contributed by atoms with Crippen LogP contribution in [0.2, 0.25) is 0 Å². The molecule has 1 heterocycles. The van der Waals surface area contributed by atoms with Gasteiger partial charge in [-0.1, -0.05) is 37.6 Å². The molecule has 148 valence electrons. The van der Waals surface area contributed by atoms with Crippen LogP contribution < -0.4 is 10.6 Å². The van der Waals surface area contributed by atoms with Gasteiger partial charge in [0.05, 0.1) is 11.3 Å². The number of nitrogens with one attached hydrogen (secondary N) is 2. The molecule has 1 aromatic heterocycles. The molecule has 0 saturated carbocycles. The molecule has 0 bridgehead atoms. The highest BCUT2D eigenvalue weighted by atomic mass is 19.4. The Balaban J connectivity index is 1.92. The molecular weight excluding hydrogens is 379 g/mol. The zero-order valence-corrected chi connectivity index (χ0v) is 15.6. The second kappa shape index (κ2) is 8.61. The third-order valence-corrected chi connectivity index (χ3v) is 4.14. The molecule has 0 aliphatic carbocycles. The van der Waals surface area contributed by atoms with Crippen LogP contribution in [0.15, 0.2) is 54.7 Å². The predicted octanol–water partition coefficient (Wildman–Crippen LogP) is 5.81. The van der Waals surface area contributed by atoms with E-state index in [4.69, 9.17) is 0 Å². The maximum absolute atomic E-state index is 13.4. The fourth-order valence-electron chi connectivity index (χ4n) is 2.73. The molecule has 5 nitrogen and oxygen atoms in total. The Morgan fingerprint density at radius 1 is 1.03 bits per heavy atom. The average Bonchev–Trinajstić information content (AvgIpc) is 2.69. The average molecular weight is 397 g/mol. The Morgan fingerprint density at radius 2 is 1.76 bits per heavy atom. The number of nitrogens with zero attached hydrogens (tertiary/aromatic N) is 3. The summed E-state index contributed by atoms with van der Waals surface area (Å²) in [7, 11) is 0. The van der Waals surface area contributed by atoms with Gasteiger partial charge in [-0.25, -0.2) is 4.98 Å². The van der Waals surface area contributed by atoms with E-state index in [0.717, 1.165) is 19.0 Å². The number of halogens is 3. The summed E-state index contributed by atoms with van der Waals surface area (Å²) >= 11 is 0. The van der Waals surface area contributed by atoms with E-state index in [1.165, 1.54) is 17.7 Å². The van der Waals surface area contributed by atoms with E-state index in [1.54, 1.807) is 12.1 Å². The van der Waals surface area contributed by atoms with Gasteiger partial charge in [0.15, 0.2) is 0 Å². The Hall–Kier alpha value is -3.60. The lowest BCUT2D eigenvalue weighted by molar-refractivity contribution is -0.137. The first kappa shape index (κ1) is 20.1. The van der Waals surface area contributed by atoms with Crippen molar-refractivity contribution in [3.05, 3.63) is 71.4 Å². The molecule has 0 aliphatic heterocycles. The number of nitriles is 1. The summed E-state index contributed by atoms with van der Waals surface area (Å²) < 4.78 is 40.2. The second-order valence-corrected chi connectivity index (χ2v) is 6.31. The first-order valence-corrected chi connectivity index (χ1v) is 8.97. The molecule has 29 heavy (non-hydrogen) atoms. The van der Waals surface area contributed by atoms with Crippen molar-refractivity contribution in [3.63, 3.8) is 0 Å². The molecule has 0 saturated heterocycles. The number of aryl methyl sites for hydroxylation is 1. The maximum atomic E-state index is 13.4. The fraction of sp³-hybridized carbons (Fsp3) is 0.190. The molecule has 0 spiro atoms. The Bertz CT molecular complexity index is 1020. The molecule has 0 aliphatic rings. The van der Waals surface area contributed by atoms with E-state index in [1.807, 2.05) is 30.3 Å². The molecular formula is C21H18F3N5. The van der Waals surface area contributed by atoms with E-state index in [2.05, 4.69) is 27.5 Å². The summed E-state index contributed by atoms with van der Waals surface area (Å²) in [5.41, 5.74) is 1.25. The van der Waals surface area contributed by atoms with Crippen molar-refractivity contribution in [2.24, 2.45) is 0 Å². The summed E-state index contributed by atoms with van der Waals surface area (Å²) in [5, 5.41) is 14.7. The molecule has 3 aromatic rings. The van der Waals surface area contributed by atoms with Gasteiger partial charge in [-0.2, -0.15) is 23.4 Å². The minimum absolute atomic E-state index is 0.0122. The highest BCUT2D eigenvalue weighted by Crippen LogP contribution is 2.35. The van der Waals surface area contributed by atoms with Crippen LogP contribution >= 0.6 is 0 Å². The molecule has 0 amide bonds. The number of hydrogen-bond donors (Lipinski definition) is 2. The number of alkyl halides is 3. The third-order valence-electron chi connectivity index (χ3n) is 4.14. The monoisotopic (exact) mass is 397 g/mol. The van der Waals surface area contributed by atoms with E-state index in [-0.39, 0.29) is 17.2 Å². The van der Waals surface area contributed by atoms with Crippen LogP contribution in [0.4, 0.5) is 36.3 Å². The fourth-order valence-corrected chi connectivity index (χ4v) is 2.73.